The minimum atomic E-state index is -1.04. The maximum Gasteiger partial charge on any atom is 0.276 e. The van der Waals surface area contributed by atoms with Gasteiger partial charge in [-0.25, -0.2) is 18.2 Å². The van der Waals surface area contributed by atoms with Gasteiger partial charge in [-0.05, 0) is 48.9 Å². The van der Waals surface area contributed by atoms with Crippen molar-refractivity contribution in [3.05, 3.63) is 71.4 Å². The van der Waals surface area contributed by atoms with Gasteiger partial charge in [0, 0.05) is 19.7 Å². The zero-order valence-corrected chi connectivity index (χ0v) is 17.1. The second kappa shape index (κ2) is 9.99. The highest BCUT2D eigenvalue weighted by molar-refractivity contribution is 6.06. The number of nitrogens with two attached hydrogens (primary N) is 2. The minimum Gasteiger partial charge on any atom is -0.397 e. The number of halogens is 3. The van der Waals surface area contributed by atoms with Crippen LogP contribution in [0.4, 0.5) is 24.5 Å². The molecular formula is C24H28F3N5O. The van der Waals surface area contributed by atoms with Crippen molar-refractivity contribution in [3.8, 4) is 11.3 Å². The SMILES string of the molecule is C.Nc1cc(F)c(-c2c(F)cccc2F)nc1C(=O)Nc1cnccc1[C@@H]1CCC[C@H](N)C1.[HH]. The van der Waals surface area contributed by atoms with Gasteiger partial charge in [0.15, 0.2) is 11.5 Å². The van der Waals surface area contributed by atoms with Gasteiger partial charge in [-0.1, -0.05) is 19.9 Å². The van der Waals surface area contributed by atoms with Crippen LogP contribution in [0.2, 0.25) is 0 Å². The Morgan fingerprint density at radius 1 is 1.12 bits per heavy atom. The molecule has 0 bridgehead atoms. The number of benzene rings is 1. The number of rotatable bonds is 4. The molecule has 1 aliphatic rings. The summed E-state index contributed by atoms with van der Waals surface area (Å²) in [6, 6.07) is 5.84. The average molecular weight is 460 g/mol. The van der Waals surface area contributed by atoms with Gasteiger partial charge in [0.25, 0.3) is 5.91 Å². The quantitative estimate of drug-likeness (QED) is 0.493. The second-order valence-corrected chi connectivity index (χ2v) is 7.89. The molecule has 0 unspecified atom stereocenters. The molecule has 5 N–H and O–H groups in total. The first-order valence-electron chi connectivity index (χ1n) is 10.3. The van der Waals surface area contributed by atoms with E-state index in [1.165, 1.54) is 6.20 Å². The molecule has 176 valence electrons. The second-order valence-electron chi connectivity index (χ2n) is 7.89. The first-order valence-corrected chi connectivity index (χ1v) is 10.3. The molecule has 1 fully saturated rings. The summed E-state index contributed by atoms with van der Waals surface area (Å²) in [5, 5.41) is 2.71. The normalized spacial score (nSPS) is 17.8. The Kier molecular flexibility index (Phi) is 7.33. The van der Waals surface area contributed by atoms with E-state index in [-0.39, 0.29) is 32.2 Å². The number of carbonyl (C=O) groups excluding carboxylic acids is 1. The van der Waals surface area contributed by atoms with Gasteiger partial charge in [-0.2, -0.15) is 0 Å². The fourth-order valence-electron chi connectivity index (χ4n) is 4.14. The summed E-state index contributed by atoms with van der Waals surface area (Å²) in [6.45, 7) is 0. The molecule has 6 nitrogen and oxygen atoms in total. The topological polar surface area (TPSA) is 107 Å². The molecule has 0 saturated heterocycles. The zero-order chi connectivity index (χ0) is 22.8. The third-order valence-electron chi connectivity index (χ3n) is 5.68. The maximum atomic E-state index is 14.5. The van der Waals surface area contributed by atoms with Gasteiger partial charge in [-0.15, -0.1) is 0 Å². The van der Waals surface area contributed by atoms with Crippen LogP contribution in [0, 0.1) is 17.5 Å². The molecule has 0 radical (unpaired) electrons. The first kappa shape index (κ1) is 24.2. The van der Waals surface area contributed by atoms with Crippen LogP contribution in [-0.4, -0.2) is 21.9 Å². The van der Waals surface area contributed by atoms with Gasteiger partial charge >= 0.3 is 0 Å². The van der Waals surface area contributed by atoms with Crippen molar-refractivity contribution in [1.29, 1.82) is 0 Å². The van der Waals surface area contributed by atoms with E-state index in [1.807, 2.05) is 6.07 Å². The Morgan fingerprint density at radius 2 is 1.85 bits per heavy atom. The lowest BCUT2D eigenvalue weighted by molar-refractivity contribution is 0.102. The van der Waals surface area contributed by atoms with Crippen LogP contribution >= 0.6 is 0 Å². The number of nitrogen functional groups attached to an aromatic ring is 1. The summed E-state index contributed by atoms with van der Waals surface area (Å²) < 4.78 is 42.9. The highest BCUT2D eigenvalue weighted by Crippen LogP contribution is 2.36. The van der Waals surface area contributed by atoms with E-state index in [2.05, 4.69) is 15.3 Å². The maximum absolute atomic E-state index is 14.5. The molecule has 9 heteroatoms. The van der Waals surface area contributed by atoms with E-state index in [4.69, 9.17) is 11.5 Å². The smallest absolute Gasteiger partial charge is 0.276 e. The van der Waals surface area contributed by atoms with Crippen LogP contribution in [0.15, 0.2) is 42.7 Å². The number of anilines is 2. The summed E-state index contributed by atoms with van der Waals surface area (Å²) in [5.41, 5.74) is 11.4. The van der Waals surface area contributed by atoms with E-state index in [1.54, 1.807) is 6.20 Å². The van der Waals surface area contributed by atoms with Crippen molar-refractivity contribution in [3.63, 3.8) is 0 Å². The standard InChI is InChI=1S/C23H22F3N5O.CH4.H2/c24-15-5-2-6-16(25)20(15)21-17(26)10-18(28)22(31-21)23(32)30-19-11-29-8-7-14(19)12-3-1-4-13(27)9-12;;/h2,5-8,10-13H,1,3-4,9,27-28H2,(H,30,32);1H4;1H/t12-,13+;;/m1../s1. The molecule has 0 spiro atoms. The molecule has 1 aromatic carbocycles. The molecule has 1 amide bonds. The molecule has 2 atom stereocenters. The summed E-state index contributed by atoms with van der Waals surface area (Å²) in [5.74, 6) is -3.64. The molecule has 1 saturated carbocycles. The van der Waals surface area contributed by atoms with Crippen molar-refractivity contribution in [1.82, 2.24) is 9.97 Å². The number of pyridine rings is 2. The minimum absolute atomic E-state index is 0. The number of carbonyl (C=O) groups is 1. The summed E-state index contributed by atoms with van der Waals surface area (Å²) in [6.07, 6.45) is 6.77. The lowest BCUT2D eigenvalue weighted by Gasteiger charge is -2.28. The first-order chi connectivity index (χ1) is 15.3. The monoisotopic (exact) mass is 459 g/mol. The lowest BCUT2D eigenvalue weighted by Crippen LogP contribution is -2.27. The largest absolute Gasteiger partial charge is 0.397 e. The van der Waals surface area contributed by atoms with E-state index >= 15 is 0 Å². The van der Waals surface area contributed by atoms with Gasteiger partial charge in [0.2, 0.25) is 0 Å². The number of hydrogen-bond acceptors (Lipinski definition) is 5. The fraction of sp³-hybridized carbons (Fsp3) is 0.292. The summed E-state index contributed by atoms with van der Waals surface area (Å²) in [7, 11) is 0. The molecule has 1 aliphatic carbocycles. The predicted molar refractivity (Wildman–Crippen MR) is 124 cm³/mol. The molecule has 2 aromatic heterocycles. The third kappa shape index (κ3) is 4.98. The molecule has 33 heavy (non-hydrogen) atoms. The van der Waals surface area contributed by atoms with Crippen LogP contribution in [0.1, 0.15) is 56.5 Å². The van der Waals surface area contributed by atoms with Crippen molar-refractivity contribution in [2.24, 2.45) is 5.73 Å². The van der Waals surface area contributed by atoms with Crippen molar-refractivity contribution in [2.75, 3.05) is 11.1 Å². The number of nitrogens with one attached hydrogen (secondary N) is 1. The van der Waals surface area contributed by atoms with Crippen LogP contribution in [0.3, 0.4) is 0 Å². The van der Waals surface area contributed by atoms with Crippen molar-refractivity contribution in [2.45, 2.75) is 45.1 Å². The van der Waals surface area contributed by atoms with Crippen molar-refractivity contribution < 1.29 is 19.4 Å². The van der Waals surface area contributed by atoms with Crippen LogP contribution in [0.5, 0.6) is 0 Å². The van der Waals surface area contributed by atoms with E-state index in [9.17, 15) is 18.0 Å². The Balaban J connectivity index is 0.00000204. The number of aromatic nitrogens is 2. The van der Waals surface area contributed by atoms with E-state index in [0.717, 1.165) is 55.5 Å². The Morgan fingerprint density at radius 3 is 2.55 bits per heavy atom. The Bertz CT molecular complexity index is 1160. The molecule has 0 aliphatic heterocycles. The Hall–Kier alpha value is -3.46. The number of amides is 1. The molecule has 3 aromatic rings. The summed E-state index contributed by atoms with van der Waals surface area (Å²) in [4.78, 5) is 20.9. The van der Waals surface area contributed by atoms with Crippen LogP contribution < -0.4 is 16.8 Å². The molecule has 4 rings (SSSR count). The predicted octanol–water partition coefficient (Wildman–Crippen LogP) is 5.26. The van der Waals surface area contributed by atoms with Gasteiger partial charge in [-0.3, -0.25) is 9.78 Å². The van der Waals surface area contributed by atoms with Crippen LogP contribution in [-0.2, 0) is 0 Å². The fourth-order valence-corrected chi connectivity index (χ4v) is 4.14. The zero-order valence-electron chi connectivity index (χ0n) is 17.1. The highest BCUT2D eigenvalue weighted by atomic mass is 19.1. The van der Waals surface area contributed by atoms with E-state index < -0.39 is 34.6 Å². The van der Waals surface area contributed by atoms with Crippen LogP contribution in [0.25, 0.3) is 11.3 Å². The molecular weight excluding hydrogens is 431 g/mol. The van der Waals surface area contributed by atoms with E-state index in [0.29, 0.717) is 5.69 Å². The lowest BCUT2D eigenvalue weighted by atomic mass is 9.81. The third-order valence-corrected chi connectivity index (χ3v) is 5.68. The van der Waals surface area contributed by atoms with Gasteiger partial charge < -0.3 is 16.8 Å². The summed E-state index contributed by atoms with van der Waals surface area (Å²) >= 11 is 0. The number of hydrogen-bond donors (Lipinski definition) is 3. The van der Waals surface area contributed by atoms with Crippen molar-refractivity contribution >= 4 is 17.3 Å². The highest BCUT2D eigenvalue weighted by Gasteiger charge is 2.25. The van der Waals surface area contributed by atoms with Gasteiger partial charge in [0.1, 0.15) is 17.3 Å². The van der Waals surface area contributed by atoms with Gasteiger partial charge in [0.05, 0.1) is 23.1 Å². The molecule has 2 heterocycles. The average Bonchev–Trinajstić information content (AvgIpc) is 2.75. The Labute approximate surface area is 191 Å². The number of nitrogens with zero attached hydrogens (tertiary/aromatic N) is 2.